The molecule has 45 heavy (non-hydrogen) atoms. The summed E-state index contributed by atoms with van der Waals surface area (Å²) in [5.41, 5.74) is 1.20. The maximum atomic E-state index is 17.0. The highest BCUT2D eigenvalue weighted by Crippen LogP contribution is 2.44. The van der Waals surface area contributed by atoms with Gasteiger partial charge in [0, 0.05) is 48.1 Å². The zero-order valence-corrected chi connectivity index (χ0v) is 25.0. The minimum atomic E-state index is -0.869. The lowest BCUT2D eigenvalue weighted by Gasteiger charge is -2.31. The summed E-state index contributed by atoms with van der Waals surface area (Å²) in [6.45, 7) is 1.57. The molecule has 4 saturated heterocycles. The lowest BCUT2D eigenvalue weighted by molar-refractivity contribution is 0.107. The Morgan fingerprint density at radius 1 is 1.02 bits per heavy atom. The summed E-state index contributed by atoms with van der Waals surface area (Å²) in [7, 11) is 0. The number of ether oxygens (including phenoxy) is 1. The summed E-state index contributed by atoms with van der Waals surface area (Å²) in [6, 6.07) is 16.1. The van der Waals surface area contributed by atoms with Gasteiger partial charge in [0.25, 0.3) is 0 Å². The molecule has 3 aromatic carbocycles. The number of aromatic hydroxyl groups is 1. The molecular formula is C36H35F2N5O2. The Hall–Kier alpha value is -3.95. The van der Waals surface area contributed by atoms with E-state index in [0.717, 1.165) is 72.3 Å². The van der Waals surface area contributed by atoms with Crippen LogP contribution in [0.2, 0.25) is 0 Å². The number of aromatic nitrogens is 3. The summed E-state index contributed by atoms with van der Waals surface area (Å²) in [4.78, 5) is 16.5. The molecule has 230 valence electrons. The number of phenolic OH excluding ortho intramolecular Hbond substituents is 1. The van der Waals surface area contributed by atoms with E-state index in [1.165, 1.54) is 0 Å². The van der Waals surface area contributed by atoms with Crippen molar-refractivity contribution in [1.29, 1.82) is 0 Å². The molecule has 9 heteroatoms. The molecule has 2 aromatic heterocycles. The monoisotopic (exact) mass is 607 g/mol. The maximum Gasteiger partial charge on any atom is 0.317 e. The highest BCUT2D eigenvalue weighted by atomic mass is 19.1. The van der Waals surface area contributed by atoms with Crippen molar-refractivity contribution in [3.05, 3.63) is 66.2 Å². The predicted octanol–water partition coefficient (Wildman–Crippen LogP) is 6.80. The number of benzene rings is 3. The third-order valence-corrected chi connectivity index (χ3v) is 10.9. The average Bonchev–Trinajstić information content (AvgIpc) is 3.69. The number of pyridine rings is 1. The standard InChI is InChI=1S/C36H35F2N5O2/c37-23-16-36(10-3-11-43(36)18-23)19-45-35-41-32(22-12-24-8-9-25(13-22)40-24)29-17-39-33(31(38)34(29)42-35)28-15-26(44)14-21-7-6-20-4-1-2-5-27(20)30(21)28/h1-2,4-7,14-15,17,22-25,40,44H,3,8-13,16,18-19H2/t22?,23-,24?,25?,36?/m1/s1. The Balaban J connectivity index is 1.20. The molecule has 7 nitrogen and oxygen atoms in total. The van der Waals surface area contributed by atoms with Crippen molar-refractivity contribution in [2.45, 2.75) is 74.7 Å². The smallest absolute Gasteiger partial charge is 0.317 e. The number of phenols is 1. The van der Waals surface area contributed by atoms with Crippen LogP contribution in [0.25, 0.3) is 43.7 Å². The van der Waals surface area contributed by atoms with E-state index in [4.69, 9.17) is 14.7 Å². The Bertz CT molecular complexity index is 1980. The van der Waals surface area contributed by atoms with Crippen molar-refractivity contribution in [3.63, 3.8) is 0 Å². The van der Waals surface area contributed by atoms with Gasteiger partial charge in [-0.15, -0.1) is 0 Å². The molecule has 3 unspecified atom stereocenters. The summed E-state index contributed by atoms with van der Waals surface area (Å²) >= 11 is 0. The number of piperidine rings is 1. The molecule has 6 heterocycles. The Kier molecular flexibility index (Phi) is 6.26. The van der Waals surface area contributed by atoms with Crippen LogP contribution in [0.1, 0.15) is 56.6 Å². The van der Waals surface area contributed by atoms with Gasteiger partial charge in [-0.2, -0.15) is 9.97 Å². The second-order valence-electron chi connectivity index (χ2n) is 13.6. The normalized spacial score (nSPS) is 28.0. The van der Waals surface area contributed by atoms with Crippen molar-refractivity contribution >= 4 is 32.4 Å². The van der Waals surface area contributed by atoms with E-state index < -0.39 is 12.0 Å². The van der Waals surface area contributed by atoms with E-state index >= 15 is 4.39 Å². The van der Waals surface area contributed by atoms with Crippen molar-refractivity contribution in [3.8, 4) is 23.0 Å². The number of nitrogens with zero attached hydrogens (tertiary/aromatic N) is 4. The van der Waals surface area contributed by atoms with Crippen LogP contribution < -0.4 is 10.1 Å². The van der Waals surface area contributed by atoms with E-state index in [2.05, 4.69) is 15.2 Å². The first-order valence-electron chi connectivity index (χ1n) is 16.2. The Morgan fingerprint density at radius 2 is 1.84 bits per heavy atom. The van der Waals surface area contributed by atoms with Gasteiger partial charge in [0.1, 0.15) is 29.7 Å². The van der Waals surface area contributed by atoms with Gasteiger partial charge in [0.05, 0.1) is 11.2 Å². The topological polar surface area (TPSA) is 83.4 Å². The summed E-state index contributed by atoms with van der Waals surface area (Å²) in [5.74, 6) is -0.408. The van der Waals surface area contributed by atoms with E-state index in [0.29, 0.717) is 36.0 Å². The fourth-order valence-electron chi connectivity index (χ4n) is 8.87. The number of rotatable bonds is 5. The van der Waals surface area contributed by atoms with Gasteiger partial charge in [0.15, 0.2) is 5.82 Å². The summed E-state index contributed by atoms with van der Waals surface area (Å²) < 4.78 is 37.8. The minimum absolute atomic E-state index is 0.0368. The van der Waals surface area contributed by atoms with Crippen LogP contribution in [0.3, 0.4) is 0 Å². The molecule has 4 aliphatic rings. The van der Waals surface area contributed by atoms with Gasteiger partial charge in [0.2, 0.25) is 0 Å². The van der Waals surface area contributed by atoms with E-state index in [1.54, 1.807) is 18.3 Å². The Labute approximate surface area is 259 Å². The number of hydrogen-bond acceptors (Lipinski definition) is 7. The largest absolute Gasteiger partial charge is 0.508 e. The molecule has 0 amide bonds. The zero-order valence-electron chi connectivity index (χ0n) is 25.0. The number of halogens is 2. The van der Waals surface area contributed by atoms with Gasteiger partial charge in [-0.05, 0) is 78.7 Å². The third kappa shape index (κ3) is 4.46. The van der Waals surface area contributed by atoms with Crippen LogP contribution in [-0.4, -0.2) is 68.4 Å². The average molecular weight is 608 g/mol. The number of hydrogen-bond donors (Lipinski definition) is 2. The van der Waals surface area contributed by atoms with Gasteiger partial charge < -0.3 is 15.2 Å². The first-order chi connectivity index (χ1) is 21.9. The van der Waals surface area contributed by atoms with E-state index in [-0.39, 0.29) is 41.0 Å². The molecule has 0 saturated carbocycles. The van der Waals surface area contributed by atoms with E-state index in [1.807, 2.05) is 36.4 Å². The van der Waals surface area contributed by atoms with Crippen LogP contribution in [0, 0.1) is 5.82 Å². The van der Waals surface area contributed by atoms with Crippen molar-refractivity contribution in [2.75, 3.05) is 19.7 Å². The third-order valence-electron chi connectivity index (χ3n) is 10.9. The van der Waals surface area contributed by atoms with Crippen molar-refractivity contribution in [2.24, 2.45) is 0 Å². The van der Waals surface area contributed by atoms with Gasteiger partial charge in [-0.25, -0.2) is 8.78 Å². The first-order valence-corrected chi connectivity index (χ1v) is 16.2. The Morgan fingerprint density at radius 3 is 2.71 bits per heavy atom. The van der Waals surface area contributed by atoms with Crippen LogP contribution in [0.4, 0.5) is 8.78 Å². The highest BCUT2D eigenvalue weighted by Gasteiger charge is 2.49. The van der Waals surface area contributed by atoms with Crippen LogP contribution in [0.15, 0.2) is 54.7 Å². The number of alkyl halides is 1. The van der Waals surface area contributed by atoms with Gasteiger partial charge >= 0.3 is 6.01 Å². The lowest BCUT2D eigenvalue weighted by Crippen LogP contribution is -2.43. The molecule has 2 N–H and O–H groups in total. The summed E-state index contributed by atoms with van der Waals surface area (Å²) in [5, 5.41) is 18.6. The predicted molar refractivity (Wildman–Crippen MR) is 170 cm³/mol. The maximum absolute atomic E-state index is 17.0. The van der Waals surface area contributed by atoms with Gasteiger partial charge in [-0.3, -0.25) is 9.88 Å². The lowest BCUT2D eigenvalue weighted by atomic mass is 9.88. The molecule has 0 spiro atoms. The van der Waals surface area contributed by atoms with Crippen LogP contribution in [0.5, 0.6) is 11.8 Å². The second kappa shape index (κ2) is 10.3. The van der Waals surface area contributed by atoms with Gasteiger partial charge in [-0.1, -0.05) is 36.4 Å². The molecule has 4 atom stereocenters. The molecule has 4 fully saturated rings. The first kappa shape index (κ1) is 27.4. The van der Waals surface area contributed by atoms with E-state index in [9.17, 15) is 9.50 Å². The SMILES string of the molecule is Oc1cc(-c2ncc3c(C4CC5CCC(C4)N5)nc(OCC45CCCN4C[C@H](F)C5)nc3c2F)c2c(ccc3ccccc32)c1. The minimum Gasteiger partial charge on any atom is -0.508 e. The van der Waals surface area contributed by atoms with Crippen LogP contribution in [-0.2, 0) is 0 Å². The quantitative estimate of drug-likeness (QED) is 0.213. The molecule has 4 aliphatic heterocycles. The molecule has 2 bridgehead atoms. The highest BCUT2D eigenvalue weighted by molar-refractivity contribution is 6.14. The molecule has 9 rings (SSSR count). The van der Waals surface area contributed by atoms with Crippen LogP contribution >= 0.6 is 0 Å². The fraction of sp³-hybridized carbons (Fsp3) is 0.417. The second-order valence-corrected chi connectivity index (χ2v) is 13.6. The van der Waals surface area contributed by atoms with Crippen molar-refractivity contribution in [1.82, 2.24) is 25.2 Å². The molecular weight excluding hydrogens is 572 g/mol. The van der Waals surface area contributed by atoms with Crippen molar-refractivity contribution < 1.29 is 18.6 Å². The number of fused-ring (bicyclic) bond motifs is 7. The fourth-order valence-corrected chi connectivity index (χ4v) is 8.87. The zero-order chi connectivity index (χ0) is 30.3. The molecule has 0 radical (unpaired) electrons. The summed E-state index contributed by atoms with van der Waals surface area (Å²) in [6.07, 6.45) is 7.22. The molecule has 0 aliphatic carbocycles. The molecule has 5 aromatic rings. The number of nitrogens with one attached hydrogen (secondary N) is 1.